The van der Waals surface area contributed by atoms with E-state index in [1.807, 2.05) is 40.0 Å². The molecule has 0 atom stereocenters. The Bertz CT molecular complexity index is 1910. The normalized spacial score (nSPS) is 11.5. The number of nitrogens with one attached hydrogen (secondary N) is 2. The third kappa shape index (κ3) is 6.06. The van der Waals surface area contributed by atoms with Crippen molar-refractivity contribution < 1.29 is 13.6 Å². The molecule has 8 nitrogen and oxygen atoms in total. The molecule has 2 heterocycles. The molecule has 0 saturated heterocycles. The summed E-state index contributed by atoms with van der Waals surface area (Å²) in [5.74, 6) is -1.57. The van der Waals surface area contributed by atoms with Crippen LogP contribution in [0.4, 0.5) is 19.3 Å². The first-order valence-electron chi connectivity index (χ1n) is 14.3. The Balaban J connectivity index is 1.80. The molecule has 5 rings (SSSR count). The molecule has 5 aromatic rings. The molecule has 0 bridgehead atoms. The first-order chi connectivity index (χ1) is 21.1. The van der Waals surface area contributed by atoms with Crippen molar-refractivity contribution in [2.75, 3.05) is 18.9 Å². The van der Waals surface area contributed by atoms with Crippen LogP contribution in [-0.4, -0.2) is 39.7 Å². The molecular weight excluding hydrogens is 584 g/mol. The zero-order valence-corrected chi connectivity index (χ0v) is 25.7. The van der Waals surface area contributed by atoms with Gasteiger partial charge in [-0.2, -0.15) is 0 Å². The molecule has 2 aromatic heterocycles. The number of rotatable bonds is 9. The van der Waals surface area contributed by atoms with E-state index in [1.54, 1.807) is 42.5 Å². The van der Waals surface area contributed by atoms with Gasteiger partial charge in [-0.05, 0) is 75.3 Å². The van der Waals surface area contributed by atoms with E-state index in [1.165, 1.54) is 22.0 Å². The van der Waals surface area contributed by atoms with Gasteiger partial charge in [-0.15, -0.1) is 11.3 Å². The van der Waals surface area contributed by atoms with Crippen LogP contribution in [0, 0.1) is 11.6 Å². The summed E-state index contributed by atoms with van der Waals surface area (Å²) < 4.78 is 32.1. The van der Waals surface area contributed by atoms with Gasteiger partial charge < -0.3 is 10.6 Å². The van der Waals surface area contributed by atoms with Gasteiger partial charge in [0, 0.05) is 35.3 Å². The maximum absolute atomic E-state index is 14.9. The van der Waals surface area contributed by atoms with Gasteiger partial charge in [-0.3, -0.25) is 14.3 Å². The zero-order valence-electron chi connectivity index (χ0n) is 24.9. The lowest BCUT2D eigenvalue weighted by Crippen LogP contribution is -2.39. The third-order valence-electron chi connectivity index (χ3n) is 7.50. The Morgan fingerprint density at radius 3 is 2.20 bits per heavy atom. The topological polar surface area (TPSA) is 88.4 Å². The molecule has 0 aliphatic carbocycles. The first-order valence-corrected chi connectivity index (χ1v) is 15.1. The molecule has 3 aromatic carbocycles. The lowest BCUT2D eigenvalue weighted by molar-refractivity contribution is 0.252. The van der Waals surface area contributed by atoms with Crippen LogP contribution in [0.1, 0.15) is 31.9 Å². The summed E-state index contributed by atoms with van der Waals surface area (Å²) in [5.41, 5.74) is 0.916. The fourth-order valence-corrected chi connectivity index (χ4v) is 6.21. The van der Waals surface area contributed by atoms with Gasteiger partial charge in [0.15, 0.2) is 0 Å². The predicted octanol–water partition coefficient (Wildman–Crippen LogP) is 6.19. The summed E-state index contributed by atoms with van der Waals surface area (Å²) in [6, 6.07) is 19.1. The summed E-state index contributed by atoms with van der Waals surface area (Å²) >= 11 is 1.23. The summed E-state index contributed by atoms with van der Waals surface area (Å²) in [6.45, 7) is 6.35. The second-order valence-corrected chi connectivity index (χ2v) is 11.7. The fraction of sp³-hybridized carbons (Fsp3) is 0.242. The number of anilines is 1. The number of hydrogen-bond acceptors (Lipinski definition) is 5. The van der Waals surface area contributed by atoms with E-state index in [-0.39, 0.29) is 17.6 Å². The monoisotopic (exact) mass is 617 g/mol. The quantitative estimate of drug-likeness (QED) is 0.207. The van der Waals surface area contributed by atoms with E-state index in [0.29, 0.717) is 40.2 Å². The molecule has 0 aliphatic rings. The molecule has 0 aliphatic heterocycles. The van der Waals surface area contributed by atoms with Crippen molar-refractivity contribution in [3.05, 3.63) is 116 Å². The minimum absolute atomic E-state index is 0.135. The Labute approximate surface area is 257 Å². The van der Waals surface area contributed by atoms with Gasteiger partial charge in [0.2, 0.25) is 0 Å². The molecule has 0 radical (unpaired) electrons. The van der Waals surface area contributed by atoms with E-state index in [9.17, 15) is 23.2 Å². The average molecular weight is 618 g/mol. The number of aromatic nitrogens is 2. The number of benzene rings is 3. The molecular formula is C33H33F2N5O3S. The van der Waals surface area contributed by atoms with Gasteiger partial charge in [0.1, 0.15) is 16.5 Å². The number of amides is 2. The van der Waals surface area contributed by atoms with Crippen LogP contribution in [0.3, 0.4) is 0 Å². The van der Waals surface area contributed by atoms with Gasteiger partial charge in [-0.1, -0.05) is 36.4 Å². The predicted molar refractivity (Wildman–Crippen MR) is 172 cm³/mol. The Hall–Kier alpha value is -4.61. The summed E-state index contributed by atoms with van der Waals surface area (Å²) in [4.78, 5) is 43.5. The summed E-state index contributed by atoms with van der Waals surface area (Å²) in [7, 11) is 1.94. The van der Waals surface area contributed by atoms with Crippen LogP contribution >= 0.6 is 11.3 Å². The van der Waals surface area contributed by atoms with Gasteiger partial charge in [0.25, 0.3) is 5.56 Å². The minimum Gasteiger partial charge on any atom is -0.338 e. The molecule has 0 saturated carbocycles. The van der Waals surface area contributed by atoms with Gasteiger partial charge in [-0.25, -0.2) is 22.9 Å². The number of urea groups is 1. The Kier molecular flexibility index (Phi) is 9.07. The van der Waals surface area contributed by atoms with Crippen molar-refractivity contribution >= 4 is 33.3 Å². The highest BCUT2D eigenvalue weighted by atomic mass is 32.1. The Morgan fingerprint density at radius 2 is 1.59 bits per heavy atom. The minimum atomic E-state index is -0.783. The number of fused-ring (bicyclic) bond motifs is 1. The summed E-state index contributed by atoms with van der Waals surface area (Å²) in [5, 5.41) is 5.77. The lowest BCUT2D eigenvalue weighted by Gasteiger charge is -2.21. The van der Waals surface area contributed by atoms with Crippen LogP contribution in [0.25, 0.3) is 26.3 Å². The van der Waals surface area contributed by atoms with Crippen molar-refractivity contribution in [1.82, 2.24) is 19.4 Å². The van der Waals surface area contributed by atoms with E-state index in [4.69, 9.17) is 0 Å². The van der Waals surface area contributed by atoms with E-state index >= 15 is 0 Å². The third-order valence-corrected chi connectivity index (χ3v) is 8.80. The van der Waals surface area contributed by atoms with E-state index < -0.39 is 29.4 Å². The zero-order chi connectivity index (χ0) is 31.5. The van der Waals surface area contributed by atoms with Crippen LogP contribution in [0.5, 0.6) is 0 Å². The van der Waals surface area contributed by atoms with Gasteiger partial charge in [0.05, 0.1) is 17.6 Å². The second-order valence-electron chi connectivity index (χ2n) is 10.7. The molecule has 2 N–H and O–H groups in total. The molecule has 44 heavy (non-hydrogen) atoms. The highest BCUT2D eigenvalue weighted by Crippen LogP contribution is 2.38. The number of para-hydroxylation sites is 1. The number of carbonyl (C=O) groups excluding carboxylic acids is 1. The average Bonchev–Trinajstić information content (AvgIpc) is 3.36. The van der Waals surface area contributed by atoms with Crippen molar-refractivity contribution in [2.45, 2.75) is 39.9 Å². The lowest BCUT2D eigenvalue weighted by atomic mass is 10.1. The highest BCUT2D eigenvalue weighted by molar-refractivity contribution is 7.22. The van der Waals surface area contributed by atoms with Crippen LogP contribution in [0.2, 0.25) is 0 Å². The van der Waals surface area contributed by atoms with Crippen LogP contribution < -0.4 is 21.9 Å². The van der Waals surface area contributed by atoms with Crippen LogP contribution in [-0.2, 0) is 13.1 Å². The number of halogens is 2. The number of hydrogen-bond donors (Lipinski definition) is 2. The van der Waals surface area contributed by atoms with Crippen molar-refractivity contribution in [1.29, 1.82) is 0 Å². The standard InChI is InChI=1S/C33H33F2N5O3S/c1-5-36-32(42)37-22-16-14-21(15-17-22)29-25(18-38(4)20(2)3)28-30(41)40(23-10-7-6-8-11-23)33(43)39(31(28)44-29)19-24-26(34)12-9-13-27(24)35/h6-17,20H,5,18-19H2,1-4H3,(H2,36,37,42). The maximum Gasteiger partial charge on any atom is 0.337 e. The molecule has 0 fully saturated rings. The van der Waals surface area contributed by atoms with Crippen molar-refractivity contribution in [3.8, 4) is 16.1 Å². The maximum atomic E-state index is 14.9. The van der Waals surface area contributed by atoms with E-state index in [2.05, 4.69) is 15.5 Å². The fourth-order valence-electron chi connectivity index (χ4n) is 4.91. The van der Waals surface area contributed by atoms with Gasteiger partial charge >= 0.3 is 11.7 Å². The van der Waals surface area contributed by atoms with Crippen molar-refractivity contribution in [3.63, 3.8) is 0 Å². The smallest absolute Gasteiger partial charge is 0.337 e. The van der Waals surface area contributed by atoms with Crippen molar-refractivity contribution in [2.24, 2.45) is 0 Å². The van der Waals surface area contributed by atoms with Crippen LogP contribution in [0.15, 0.2) is 82.4 Å². The highest BCUT2D eigenvalue weighted by Gasteiger charge is 2.26. The molecule has 228 valence electrons. The number of thiophene rings is 1. The first kappa shape index (κ1) is 30.8. The number of carbonyl (C=O) groups is 1. The molecule has 11 heteroatoms. The molecule has 0 spiro atoms. The molecule has 0 unspecified atom stereocenters. The van der Waals surface area contributed by atoms with E-state index in [0.717, 1.165) is 27.1 Å². The Morgan fingerprint density at radius 1 is 0.932 bits per heavy atom. The SMILES string of the molecule is CCNC(=O)Nc1ccc(-c2sc3c(c2CN(C)C(C)C)c(=O)n(-c2ccccc2)c(=O)n3Cc2c(F)cccc2F)cc1. The number of nitrogens with zero attached hydrogens (tertiary/aromatic N) is 3. The molecule has 2 amide bonds. The second kappa shape index (κ2) is 12.9. The summed E-state index contributed by atoms with van der Waals surface area (Å²) in [6.07, 6.45) is 0. The largest absolute Gasteiger partial charge is 0.338 e.